The normalized spacial score (nSPS) is 16.0. The monoisotopic (exact) mass is 331 g/mol. The zero-order valence-electron chi connectivity index (χ0n) is 14.7. The fourth-order valence-corrected chi connectivity index (χ4v) is 3.57. The average molecular weight is 331 g/mol. The number of aryl methyl sites for hydroxylation is 3. The molecule has 25 heavy (non-hydrogen) atoms. The minimum absolute atomic E-state index is 0.0629. The number of nitrogens with one attached hydrogen (secondary N) is 1. The third kappa shape index (κ3) is 2.45. The fraction of sp³-hybridized carbons (Fsp3) is 0.238. The summed E-state index contributed by atoms with van der Waals surface area (Å²) < 4.78 is 1.81. The minimum atomic E-state index is -0.134. The highest BCUT2D eigenvalue weighted by atomic mass is 16.2. The first-order valence-electron chi connectivity index (χ1n) is 8.65. The van der Waals surface area contributed by atoms with Crippen LogP contribution in [-0.4, -0.2) is 15.7 Å². The fourth-order valence-electron chi connectivity index (χ4n) is 3.57. The highest BCUT2D eigenvalue weighted by molar-refractivity contribution is 5.99. The summed E-state index contributed by atoms with van der Waals surface area (Å²) in [7, 11) is 0. The van der Waals surface area contributed by atoms with Crippen molar-refractivity contribution in [2.24, 2.45) is 0 Å². The van der Waals surface area contributed by atoms with E-state index in [1.807, 2.05) is 29.8 Å². The number of nitrogens with zero attached hydrogens (tertiary/aromatic N) is 2. The van der Waals surface area contributed by atoms with E-state index in [9.17, 15) is 4.79 Å². The van der Waals surface area contributed by atoms with Crippen molar-refractivity contribution in [2.45, 2.75) is 33.2 Å². The van der Waals surface area contributed by atoms with Crippen LogP contribution in [0.5, 0.6) is 0 Å². The van der Waals surface area contributed by atoms with Crippen LogP contribution in [0.2, 0.25) is 0 Å². The minimum Gasteiger partial charge on any atom is -0.340 e. The molecule has 1 unspecified atom stereocenters. The van der Waals surface area contributed by atoms with Crippen LogP contribution in [0.4, 0.5) is 0 Å². The van der Waals surface area contributed by atoms with Crippen molar-refractivity contribution in [2.75, 3.05) is 0 Å². The Morgan fingerprint density at radius 2 is 1.80 bits per heavy atom. The van der Waals surface area contributed by atoms with Gasteiger partial charge in [-0.2, -0.15) is 5.10 Å². The number of para-hydroxylation sites is 1. The smallest absolute Gasteiger partial charge is 0.271 e. The first kappa shape index (κ1) is 15.6. The molecule has 1 amide bonds. The lowest BCUT2D eigenvalue weighted by atomic mass is 9.99. The SMILES string of the molecule is CCc1ccccc1-n1nc(C)c2c1C(=O)NC2c1ccc(C)cc1. The van der Waals surface area contributed by atoms with Crippen LogP contribution < -0.4 is 5.32 Å². The molecule has 0 bridgehead atoms. The number of amides is 1. The van der Waals surface area contributed by atoms with E-state index >= 15 is 0 Å². The van der Waals surface area contributed by atoms with Crippen LogP contribution in [0.25, 0.3) is 5.69 Å². The standard InChI is InChI=1S/C21H21N3O/c1-4-15-7-5-6-8-17(15)24-20-18(14(3)23-24)19(22-21(20)25)16-11-9-13(2)10-12-16/h5-12,19H,4H2,1-3H3,(H,22,25). The summed E-state index contributed by atoms with van der Waals surface area (Å²) in [5, 5.41) is 7.83. The first-order valence-corrected chi connectivity index (χ1v) is 8.65. The van der Waals surface area contributed by atoms with Gasteiger partial charge in [0.05, 0.1) is 17.4 Å². The van der Waals surface area contributed by atoms with E-state index in [1.165, 1.54) is 11.1 Å². The number of carbonyl (C=O) groups excluding carboxylic acids is 1. The molecule has 0 aliphatic carbocycles. The van der Waals surface area contributed by atoms with E-state index in [0.717, 1.165) is 28.9 Å². The molecule has 3 aromatic rings. The summed E-state index contributed by atoms with van der Waals surface area (Å²) in [5.74, 6) is -0.0629. The van der Waals surface area contributed by atoms with Crippen molar-refractivity contribution < 1.29 is 4.79 Å². The van der Waals surface area contributed by atoms with E-state index in [-0.39, 0.29) is 11.9 Å². The molecule has 2 aromatic carbocycles. The van der Waals surface area contributed by atoms with Gasteiger partial charge >= 0.3 is 0 Å². The van der Waals surface area contributed by atoms with Crippen LogP contribution in [-0.2, 0) is 6.42 Å². The van der Waals surface area contributed by atoms with Crippen molar-refractivity contribution in [1.82, 2.24) is 15.1 Å². The lowest BCUT2D eigenvalue weighted by molar-refractivity contribution is 0.0953. The molecule has 0 spiro atoms. The molecule has 2 heterocycles. The molecule has 1 aliphatic heterocycles. The van der Waals surface area contributed by atoms with Crippen LogP contribution in [0.3, 0.4) is 0 Å². The quantitative estimate of drug-likeness (QED) is 0.791. The summed E-state index contributed by atoms with van der Waals surface area (Å²) >= 11 is 0. The Morgan fingerprint density at radius 1 is 1.08 bits per heavy atom. The molecule has 0 fully saturated rings. The third-order valence-electron chi connectivity index (χ3n) is 4.90. The number of hydrogen-bond donors (Lipinski definition) is 1. The van der Waals surface area contributed by atoms with Gasteiger partial charge in [-0.15, -0.1) is 0 Å². The molecular formula is C21H21N3O. The lowest BCUT2D eigenvalue weighted by Gasteiger charge is -2.12. The van der Waals surface area contributed by atoms with Crippen molar-refractivity contribution >= 4 is 5.91 Å². The molecule has 126 valence electrons. The zero-order chi connectivity index (χ0) is 17.6. The molecule has 1 N–H and O–H groups in total. The van der Waals surface area contributed by atoms with Gasteiger partial charge in [-0.3, -0.25) is 4.79 Å². The highest BCUT2D eigenvalue weighted by Crippen LogP contribution is 2.35. The summed E-state index contributed by atoms with van der Waals surface area (Å²) in [6.07, 6.45) is 0.896. The Kier molecular flexibility index (Phi) is 3.68. The van der Waals surface area contributed by atoms with Crippen molar-refractivity contribution in [3.8, 4) is 5.69 Å². The number of rotatable bonds is 3. The van der Waals surface area contributed by atoms with Gasteiger partial charge in [0.25, 0.3) is 5.91 Å². The van der Waals surface area contributed by atoms with Gasteiger partial charge in [-0.1, -0.05) is 55.0 Å². The zero-order valence-corrected chi connectivity index (χ0v) is 14.7. The van der Waals surface area contributed by atoms with Crippen LogP contribution in [0.1, 0.15) is 51.4 Å². The maximum Gasteiger partial charge on any atom is 0.271 e. The van der Waals surface area contributed by atoms with E-state index < -0.39 is 0 Å². The molecule has 0 radical (unpaired) electrons. The van der Waals surface area contributed by atoms with E-state index in [1.54, 1.807) is 0 Å². The Labute approximate surface area is 147 Å². The maximum atomic E-state index is 12.8. The number of fused-ring (bicyclic) bond motifs is 1. The molecule has 4 heteroatoms. The number of aromatic nitrogens is 2. The van der Waals surface area contributed by atoms with E-state index in [2.05, 4.69) is 49.5 Å². The predicted molar refractivity (Wildman–Crippen MR) is 98.2 cm³/mol. The first-order chi connectivity index (χ1) is 12.1. The summed E-state index contributed by atoms with van der Waals surface area (Å²) in [6.45, 7) is 6.16. The second kappa shape index (κ2) is 5.88. The largest absolute Gasteiger partial charge is 0.340 e. The second-order valence-corrected chi connectivity index (χ2v) is 6.56. The van der Waals surface area contributed by atoms with E-state index in [4.69, 9.17) is 5.10 Å². The van der Waals surface area contributed by atoms with Gasteiger partial charge in [0.2, 0.25) is 0 Å². The van der Waals surface area contributed by atoms with Gasteiger partial charge in [0.1, 0.15) is 5.69 Å². The second-order valence-electron chi connectivity index (χ2n) is 6.56. The molecule has 4 nitrogen and oxygen atoms in total. The van der Waals surface area contributed by atoms with Crippen molar-refractivity contribution in [1.29, 1.82) is 0 Å². The molecule has 0 saturated carbocycles. The van der Waals surface area contributed by atoms with Gasteiger partial charge < -0.3 is 5.32 Å². The molecule has 4 rings (SSSR count). The molecule has 1 atom stereocenters. The summed E-state index contributed by atoms with van der Waals surface area (Å²) in [4.78, 5) is 12.8. The van der Waals surface area contributed by atoms with Crippen molar-refractivity contribution in [3.05, 3.63) is 82.2 Å². The Balaban J connectivity index is 1.88. The van der Waals surface area contributed by atoms with Gasteiger partial charge in [-0.25, -0.2) is 4.68 Å². The van der Waals surface area contributed by atoms with Gasteiger partial charge in [0, 0.05) is 5.56 Å². The average Bonchev–Trinajstić information content (AvgIpc) is 3.14. The molecular weight excluding hydrogens is 310 g/mol. The van der Waals surface area contributed by atoms with Crippen LogP contribution in [0, 0.1) is 13.8 Å². The molecule has 1 aromatic heterocycles. The maximum absolute atomic E-state index is 12.8. The highest BCUT2D eigenvalue weighted by Gasteiger charge is 2.36. The number of carbonyl (C=O) groups is 1. The van der Waals surface area contributed by atoms with Gasteiger partial charge in [-0.05, 0) is 37.5 Å². The van der Waals surface area contributed by atoms with Crippen LogP contribution in [0.15, 0.2) is 48.5 Å². The summed E-state index contributed by atoms with van der Waals surface area (Å²) in [6, 6.07) is 16.3. The molecule has 0 saturated heterocycles. The van der Waals surface area contributed by atoms with Gasteiger partial charge in [0.15, 0.2) is 0 Å². The topological polar surface area (TPSA) is 46.9 Å². The number of benzene rings is 2. The van der Waals surface area contributed by atoms with Crippen molar-refractivity contribution in [3.63, 3.8) is 0 Å². The van der Waals surface area contributed by atoms with Crippen LogP contribution >= 0.6 is 0 Å². The van der Waals surface area contributed by atoms with E-state index in [0.29, 0.717) is 5.69 Å². The number of hydrogen-bond acceptors (Lipinski definition) is 2. The third-order valence-corrected chi connectivity index (χ3v) is 4.90. The Morgan fingerprint density at radius 3 is 2.52 bits per heavy atom. The Hall–Kier alpha value is -2.88. The molecule has 1 aliphatic rings. The summed E-state index contributed by atoms with van der Waals surface area (Å²) in [5.41, 5.74) is 6.99. The lowest BCUT2D eigenvalue weighted by Crippen LogP contribution is -2.22. The predicted octanol–water partition coefficient (Wildman–Crippen LogP) is 3.88. The Bertz CT molecular complexity index is 954.